The lowest BCUT2D eigenvalue weighted by molar-refractivity contribution is 1.28. The van der Waals surface area contributed by atoms with Gasteiger partial charge in [0.2, 0.25) is 0 Å². The lowest BCUT2D eigenvalue weighted by Gasteiger charge is -2.29. The molecule has 0 saturated heterocycles. The van der Waals surface area contributed by atoms with Gasteiger partial charge in [0, 0.05) is 39.4 Å². The highest BCUT2D eigenvalue weighted by molar-refractivity contribution is 6.06. The minimum atomic E-state index is 1.10. The summed E-state index contributed by atoms with van der Waals surface area (Å²) in [5.41, 5.74) is 11.5. The SMILES string of the molecule is c1ccc(-c2ccc(N(c3ccccc3)c3ccc(-c4ccc5ccccc5c4N(c4ccccc4)c4ccccc4)cc3)cc2)cc1. The van der Waals surface area contributed by atoms with Crippen LogP contribution in [-0.4, -0.2) is 0 Å². The molecule has 0 unspecified atom stereocenters. The lowest BCUT2D eigenvalue weighted by Crippen LogP contribution is -2.12. The van der Waals surface area contributed by atoms with Crippen molar-refractivity contribution in [2.45, 2.75) is 0 Å². The van der Waals surface area contributed by atoms with Crippen molar-refractivity contribution in [1.82, 2.24) is 0 Å². The van der Waals surface area contributed by atoms with Crippen molar-refractivity contribution in [3.8, 4) is 22.3 Å². The van der Waals surface area contributed by atoms with Gasteiger partial charge in [-0.15, -0.1) is 0 Å². The summed E-state index contributed by atoms with van der Waals surface area (Å²) in [6.45, 7) is 0. The minimum absolute atomic E-state index is 1.10. The average Bonchev–Trinajstić information content (AvgIpc) is 3.17. The fourth-order valence-corrected chi connectivity index (χ4v) is 6.54. The first-order chi connectivity index (χ1) is 23.8. The smallest absolute Gasteiger partial charge is 0.0618 e. The number of para-hydroxylation sites is 3. The van der Waals surface area contributed by atoms with Gasteiger partial charge in [-0.1, -0.05) is 146 Å². The van der Waals surface area contributed by atoms with Crippen molar-refractivity contribution in [3.05, 3.63) is 206 Å². The van der Waals surface area contributed by atoms with Crippen LogP contribution in [0.25, 0.3) is 33.0 Å². The van der Waals surface area contributed by atoms with Gasteiger partial charge in [0.1, 0.15) is 0 Å². The third kappa shape index (κ3) is 5.72. The second kappa shape index (κ2) is 13.2. The zero-order valence-electron chi connectivity index (χ0n) is 26.5. The molecule has 0 amide bonds. The summed E-state index contributed by atoms with van der Waals surface area (Å²) in [5, 5.41) is 2.41. The normalized spacial score (nSPS) is 10.9. The predicted molar refractivity (Wildman–Crippen MR) is 204 cm³/mol. The summed E-state index contributed by atoms with van der Waals surface area (Å²) in [6, 6.07) is 73.4. The number of nitrogens with zero attached hydrogens (tertiary/aromatic N) is 2. The van der Waals surface area contributed by atoms with Gasteiger partial charge in [-0.05, 0) is 82.7 Å². The van der Waals surface area contributed by atoms with Crippen molar-refractivity contribution in [3.63, 3.8) is 0 Å². The zero-order valence-corrected chi connectivity index (χ0v) is 26.5. The van der Waals surface area contributed by atoms with E-state index in [0.717, 1.165) is 39.7 Å². The third-order valence-electron chi connectivity index (χ3n) is 8.84. The molecule has 8 rings (SSSR count). The summed E-state index contributed by atoms with van der Waals surface area (Å²) in [4.78, 5) is 4.70. The topological polar surface area (TPSA) is 6.48 Å². The first kappa shape index (κ1) is 29.1. The Hall–Kier alpha value is -6.38. The van der Waals surface area contributed by atoms with Crippen LogP contribution in [-0.2, 0) is 0 Å². The van der Waals surface area contributed by atoms with Gasteiger partial charge in [0.15, 0.2) is 0 Å². The summed E-state index contributed by atoms with van der Waals surface area (Å²) in [5.74, 6) is 0. The van der Waals surface area contributed by atoms with Crippen LogP contribution in [0.3, 0.4) is 0 Å². The zero-order chi connectivity index (χ0) is 32.1. The molecule has 8 aromatic carbocycles. The second-order valence-electron chi connectivity index (χ2n) is 11.8. The van der Waals surface area contributed by atoms with E-state index < -0.39 is 0 Å². The molecular formula is C46H34N2. The van der Waals surface area contributed by atoms with Crippen molar-refractivity contribution in [1.29, 1.82) is 0 Å². The molecule has 0 radical (unpaired) electrons. The predicted octanol–water partition coefficient (Wildman–Crippen LogP) is 13.1. The van der Waals surface area contributed by atoms with Gasteiger partial charge < -0.3 is 9.80 Å². The second-order valence-corrected chi connectivity index (χ2v) is 11.8. The van der Waals surface area contributed by atoms with E-state index in [4.69, 9.17) is 0 Å². The van der Waals surface area contributed by atoms with E-state index in [2.05, 4.69) is 216 Å². The molecule has 228 valence electrons. The van der Waals surface area contributed by atoms with Crippen LogP contribution in [0.2, 0.25) is 0 Å². The molecule has 0 aromatic heterocycles. The largest absolute Gasteiger partial charge is 0.311 e. The van der Waals surface area contributed by atoms with Crippen LogP contribution in [0.15, 0.2) is 206 Å². The molecule has 0 aliphatic rings. The van der Waals surface area contributed by atoms with Crippen LogP contribution in [0, 0.1) is 0 Å². The molecule has 48 heavy (non-hydrogen) atoms. The monoisotopic (exact) mass is 614 g/mol. The van der Waals surface area contributed by atoms with Gasteiger partial charge in [-0.25, -0.2) is 0 Å². The number of benzene rings is 8. The molecule has 2 heteroatoms. The molecule has 0 saturated carbocycles. The fourth-order valence-electron chi connectivity index (χ4n) is 6.54. The van der Waals surface area contributed by atoms with E-state index in [1.807, 2.05) is 0 Å². The van der Waals surface area contributed by atoms with E-state index in [1.54, 1.807) is 0 Å². The maximum absolute atomic E-state index is 2.39. The molecule has 0 heterocycles. The standard InChI is InChI=1S/C46H34N2/c1-5-15-35(16-6-1)36-25-30-42(31-26-36)47(39-18-7-2-8-19-39)43-32-27-38(28-33-43)45-34-29-37-17-13-14-24-44(37)46(45)48(40-20-9-3-10-21-40)41-22-11-4-12-23-41/h1-34H. The summed E-state index contributed by atoms with van der Waals surface area (Å²) in [6.07, 6.45) is 0. The Morgan fingerprint density at radius 2 is 0.646 bits per heavy atom. The van der Waals surface area contributed by atoms with E-state index in [-0.39, 0.29) is 0 Å². The molecule has 0 N–H and O–H groups in total. The summed E-state index contributed by atoms with van der Waals surface area (Å²) >= 11 is 0. The van der Waals surface area contributed by atoms with Crippen LogP contribution in [0.4, 0.5) is 34.1 Å². The third-order valence-corrected chi connectivity index (χ3v) is 8.84. The molecule has 0 aliphatic carbocycles. The molecule has 0 aliphatic heterocycles. The number of anilines is 6. The molecule has 0 spiro atoms. The highest BCUT2D eigenvalue weighted by atomic mass is 15.1. The van der Waals surface area contributed by atoms with Crippen LogP contribution < -0.4 is 9.80 Å². The number of rotatable bonds is 8. The number of hydrogen-bond acceptors (Lipinski definition) is 2. The molecule has 0 fully saturated rings. The van der Waals surface area contributed by atoms with Crippen molar-refractivity contribution >= 4 is 44.9 Å². The number of hydrogen-bond donors (Lipinski definition) is 0. The Kier molecular flexibility index (Phi) is 7.96. The van der Waals surface area contributed by atoms with E-state index in [0.29, 0.717) is 0 Å². The van der Waals surface area contributed by atoms with E-state index >= 15 is 0 Å². The Morgan fingerprint density at radius 3 is 1.19 bits per heavy atom. The number of fused-ring (bicyclic) bond motifs is 1. The Morgan fingerprint density at radius 1 is 0.250 bits per heavy atom. The van der Waals surface area contributed by atoms with Gasteiger partial charge >= 0.3 is 0 Å². The minimum Gasteiger partial charge on any atom is -0.311 e. The first-order valence-corrected chi connectivity index (χ1v) is 16.4. The maximum atomic E-state index is 2.39. The molecule has 0 bridgehead atoms. The van der Waals surface area contributed by atoms with Crippen LogP contribution in [0.5, 0.6) is 0 Å². The highest BCUT2D eigenvalue weighted by Gasteiger charge is 2.20. The van der Waals surface area contributed by atoms with Gasteiger partial charge in [0.25, 0.3) is 0 Å². The molecular weight excluding hydrogens is 581 g/mol. The summed E-state index contributed by atoms with van der Waals surface area (Å²) in [7, 11) is 0. The lowest BCUT2D eigenvalue weighted by atomic mass is 9.96. The molecule has 0 atom stereocenters. The molecule has 8 aromatic rings. The molecule has 2 nitrogen and oxygen atoms in total. The Bertz CT molecular complexity index is 2210. The summed E-state index contributed by atoms with van der Waals surface area (Å²) < 4.78 is 0. The van der Waals surface area contributed by atoms with Gasteiger partial charge in [0.05, 0.1) is 5.69 Å². The van der Waals surface area contributed by atoms with Crippen LogP contribution >= 0.6 is 0 Å². The van der Waals surface area contributed by atoms with Crippen LogP contribution in [0.1, 0.15) is 0 Å². The van der Waals surface area contributed by atoms with Gasteiger partial charge in [-0.2, -0.15) is 0 Å². The average molecular weight is 615 g/mol. The van der Waals surface area contributed by atoms with E-state index in [9.17, 15) is 0 Å². The maximum Gasteiger partial charge on any atom is 0.0618 e. The van der Waals surface area contributed by atoms with Crippen molar-refractivity contribution in [2.75, 3.05) is 9.80 Å². The Balaban J connectivity index is 1.25. The fraction of sp³-hybridized carbons (Fsp3) is 0. The quantitative estimate of drug-likeness (QED) is 0.168. The first-order valence-electron chi connectivity index (χ1n) is 16.4. The van der Waals surface area contributed by atoms with Crippen molar-refractivity contribution < 1.29 is 0 Å². The van der Waals surface area contributed by atoms with E-state index in [1.165, 1.54) is 27.5 Å². The Labute approximate surface area is 282 Å². The highest BCUT2D eigenvalue weighted by Crippen LogP contribution is 2.45. The van der Waals surface area contributed by atoms with Crippen molar-refractivity contribution in [2.24, 2.45) is 0 Å². The van der Waals surface area contributed by atoms with Gasteiger partial charge in [-0.3, -0.25) is 0 Å².